The number of nitrogens with zero attached hydrogens (tertiary/aromatic N) is 2. The van der Waals surface area contributed by atoms with E-state index in [1.165, 1.54) is 83.4 Å². The van der Waals surface area contributed by atoms with Crippen molar-refractivity contribution in [1.82, 2.24) is 4.90 Å². The summed E-state index contributed by atoms with van der Waals surface area (Å²) in [6.45, 7) is 10.7. The van der Waals surface area contributed by atoms with Gasteiger partial charge < -0.3 is 9.80 Å². The molecule has 0 atom stereocenters. The van der Waals surface area contributed by atoms with Gasteiger partial charge in [-0.25, -0.2) is 0 Å². The minimum Gasteiger partial charge on any atom is -0.371 e. The van der Waals surface area contributed by atoms with E-state index < -0.39 is 0 Å². The van der Waals surface area contributed by atoms with E-state index in [1.807, 2.05) is 0 Å². The molecule has 1 radical (unpaired) electrons. The monoisotopic (exact) mass is 327 g/mol. The fourth-order valence-electron chi connectivity index (χ4n) is 4.38. The highest BCUT2D eigenvalue weighted by molar-refractivity contribution is 5.55. The molecule has 0 bridgehead atoms. The number of rotatable bonds is 8. The Hall–Kier alpha value is -1.02. The number of benzene rings is 1. The van der Waals surface area contributed by atoms with Gasteiger partial charge in [0.15, 0.2) is 0 Å². The maximum absolute atomic E-state index is 3.32. The van der Waals surface area contributed by atoms with E-state index >= 15 is 0 Å². The number of anilines is 1. The molecule has 1 aliphatic carbocycles. The van der Waals surface area contributed by atoms with Crippen LogP contribution in [0.25, 0.3) is 0 Å². The van der Waals surface area contributed by atoms with E-state index in [0.29, 0.717) is 0 Å². The topological polar surface area (TPSA) is 6.48 Å². The molecule has 2 heteroatoms. The van der Waals surface area contributed by atoms with E-state index in [4.69, 9.17) is 0 Å². The van der Waals surface area contributed by atoms with Crippen LogP contribution >= 0.6 is 0 Å². The van der Waals surface area contributed by atoms with Crippen LogP contribution < -0.4 is 4.90 Å². The molecule has 24 heavy (non-hydrogen) atoms. The molecule has 2 fully saturated rings. The van der Waals surface area contributed by atoms with Crippen LogP contribution in [-0.2, 0) is 0 Å². The van der Waals surface area contributed by atoms with Crippen LogP contribution in [0.2, 0.25) is 0 Å². The SMILES string of the molecule is CCN(CC)CCCC1CCN(c2cc[c]cc2C2CCC2)CC1. The van der Waals surface area contributed by atoms with Crippen LogP contribution in [0.5, 0.6) is 0 Å². The first-order chi connectivity index (χ1) is 11.8. The Bertz CT molecular complexity index is 482. The van der Waals surface area contributed by atoms with E-state index in [-0.39, 0.29) is 0 Å². The van der Waals surface area contributed by atoms with Crippen molar-refractivity contribution in [3.63, 3.8) is 0 Å². The summed E-state index contributed by atoms with van der Waals surface area (Å²) in [6.07, 6.45) is 9.72. The maximum Gasteiger partial charge on any atom is 0.0402 e. The lowest BCUT2D eigenvalue weighted by Crippen LogP contribution is -2.35. The molecule has 1 saturated carbocycles. The third-order valence-corrected chi connectivity index (χ3v) is 6.35. The quantitative estimate of drug-likeness (QED) is 0.656. The zero-order valence-electron chi connectivity index (χ0n) is 15.8. The predicted octanol–water partition coefficient (Wildman–Crippen LogP) is 5.09. The van der Waals surface area contributed by atoms with Gasteiger partial charge in [0, 0.05) is 18.8 Å². The molecule has 0 unspecified atom stereocenters. The molecule has 1 aromatic rings. The summed E-state index contributed by atoms with van der Waals surface area (Å²) in [4.78, 5) is 5.21. The molecule has 0 N–H and O–H groups in total. The van der Waals surface area contributed by atoms with Gasteiger partial charge in [0.1, 0.15) is 0 Å². The standard InChI is InChI=1S/C22H35N2/c1-3-23(4-2)16-8-9-19-14-17-24(18-15-19)22-13-6-5-12-21(22)20-10-7-11-20/h6,12-13,19-20H,3-4,7-11,14-18H2,1-2H3. The molecule has 1 aromatic carbocycles. The second-order valence-corrected chi connectivity index (χ2v) is 7.71. The average molecular weight is 328 g/mol. The fourth-order valence-corrected chi connectivity index (χ4v) is 4.38. The van der Waals surface area contributed by atoms with E-state index in [9.17, 15) is 0 Å². The molecule has 0 spiro atoms. The summed E-state index contributed by atoms with van der Waals surface area (Å²) in [6, 6.07) is 9.99. The van der Waals surface area contributed by atoms with E-state index in [0.717, 1.165) is 11.8 Å². The van der Waals surface area contributed by atoms with Crippen molar-refractivity contribution >= 4 is 5.69 Å². The van der Waals surface area contributed by atoms with Gasteiger partial charge in [-0.3, -0.25) is 0 Å². The second kappa shape index (κ2) is 8.89. The normalized spacial score (nSPS) is 19.7. The molecule has 2 nitrogen and oxygen atoms in total. The Morgan fingerprint density at radius 2 is 1.88 bits per heavy atom. The van der Waals surface area contributed by atoms with Crippen molar-refractivity contribution in [1.29, 1.82) is 0 Å². The summed E-state index contributed by atoms with van der Waals surface area (Å²) in [5.41, 5.74) is 3.09. The van der Waals surface area contributed by atoms with Crippen LogP contribution in [0.15, 0.2) is 18.2 Å². The van der Waals surface area contributed by atoms with Gasteiger partial charge in [-0.2, -0.15) is 0 Å². The van der Waals surface area contributed by atoms with Gasteiger partial charge in [0.25, 0.3) is 0 Å². The van der Waals surface area contributed by atoms with Gasteiger partial charge in [-0.15, -0.1) is 0 Å². The molecular formula is C22H35N2. The van der Waals surface area contributed by atoms with Crippen molar-refractivity contribution in [2.24, 2.45) is 5.92 Å². The van der Waals surface area contributed by atoms with Crippen LogP contribution in [0.4, 0.5) is 5.69 Å². The lowest BCUT2D eigenvalue weighted by Gasteiger charge is -2.37. The minimum atomic E-state index is 0.809. The number of hydrogen-bond donors (Lipinski definition) is 0. The third-order valence-electron chi connectivity index (χ3n) is 6.35. The first-order valence-corrected chi connectivity index (χ1v) is 10.3. The highest BCUT2D eigenvalue weighted by atomic mass is 15.1. The lowest BCUT2D eigenvalue weighted by atomic mass is 9.79. The molecular weight excluding hydrogens is 292 g/mol. The maximum atomic E-state index is 3.32. The van der Waals surface area contributed by atoms with Crippen molar-refractivity contribution in [2.75, 3.05) is 37.6 Å². The number of hydrogen-bond acceptors (Lipinski definition) is 2. The van der Waals surface area contributed by atoms with Gasteiger partial charge in [-0.05, 0) is 93.8 Å². The van der Waals surface area contributed by atoms with Gasteiger partial charge in [-0.1, -0.05) is 26.3 Å². The van der Waals surface area contributed by atoms with E-state index in [2.05, 4.69) is 47.9 Å². The first kappa shape index (κ1) is 17.8. The fraction of sp³-hybridized carbons (Fsp3) is 0.727. The smallest absolute Gasteiger partial charge is 0.0402 e. The highest BCUT2D eigenvalue weighted by Crippen LogP contribution is 2.41. The average Bonchev–Trinajstić information content (AvgIpc) is 2.58. The van der Waals surface area contributed by atoms with Crippen molar-refractivity contribution < 1.29 is 0 Å². The minimum absolute atomic E-state index is 0.809. The van der Waals surface area contributed by atoms with Crippen molar-refractivity contribution in [2.45, 2.75) is 64.7 Å². The summed E-state index contributed by atoms with van der Waals surface area (Å²) < 4.78 is 0. The van der Waals surface area contributed by atoms with Gasteiger partial charge in [0.05, 0.1) is 0 Å². The van der Waals surface area contributed by atoms with Crippen LogP contribution in [0.1, 0.15) is 70.3 Å². The summed E-state index contributed by atoms with van der Waals surface area (Å²) in [5, 5.41) is 0. The predicted molar refractivity (Wildman–Crippen MR) is 104 cm³/mol. The lowest BCUT2D eigenvalue weighted by molar-refractivity contribution is 0.276. The summed E-state index contributed by atoms with van der Waals surface area (Å²) in [5.74, 6) is 1.75. The highest BCUT2D eigenvalue weighted by Gasteiger charge is 2.26. The Morgan fingerprint density at radius 3 is 2.50 bits per heavy atom. The van der Waals surface area contributed by atoms with Crippen LogP contribution in [-0.4, -0.2) is 37.6 Å². The molecule has 2 aliphatic rings. The molecule has 3 rings (SSSR count). The zero-order chi connectivity index (χ0) is 16.8. The molecule has 1 saturated heterocycles. The molecule has 0 aromatic heterocycles. The number of piperidine rings is 1. The van der Waals surface area contributed by atoms with E-state index in [1.54, 1.807) is 5.56 Å². The molecule has 133 valence electrons. The Labute approximate surface area is 149 Å². The first-order valence-electron chi connectivity index (χ1n) is 10.3. The van der Waals surface area contributed by atoms with Crippen molar-refractivity contribution in [3.8, 4) is 0 Å². The Morgan fingerprint density at radius 1 is 1.12 bits per heavy atom. The van der Waals surface area contributed by atoms with Crippen LogP contribution in [0, 0.1) is 12.0 Å². The molecule has 1 heterocycles. The largest absolute Gasteiger partial charge is 0.371 e. The third kappa shape index (κ3) is 4.33. The summed E-state index contributed by atoms with van der Waals surface area (Å²) in [7, 11) is 0. The molecule has 0 amide bonds. The van der Waals surface area contributed by atoms with Crippen LogP contribution in [0.3, 0.4) is 0 Å². The zero-order valence-corrected chi connectivity index (χ0v) is 15.8. The summed E-state index contributed by atoms with van der Waals surface area (Å²) >= 11 is 0. The van der Waals surface area contributed by atoms with Gasteiger partial charge >= 0.3 is 0 Å². The van der Waals surface area contributed by atoms with Gasteiger partial charge in [0.2, 0.25) is 0 Å². The molecule has 1 aliphatic heterocycles. The second-order valence-electron chi connectivity index (χ2n) is 7.71. The van der Waals surface area contributed by atoms with Crippen molar-refractivity contribution in [3.05, 3.63) is 29.8 Å². The Kier molecular flexibility index (Phi) is 6.59. The Balaban J connectivity index is 1.47.